The summed E-state index contributed by atoms with van der Waals surface area (Å²) in [7, 11) is 1.90. The Morgan fingerprint density at radius 2 is 2.19 bits per heavy atom. The Bertz CT molecular complexity index is 672. The van der Waals surface area contributed by atoms with Gasteiger partial charge in [0.2, 0.25) is 5.91 Å². The number of allylic oxidation sites excluding steroid dienone is 2. The van der Waals surface area contributed by atoms with Crippen LogP contribution in [-0.2, 0) is 11.3 Å². The first-order valence-electron chi connectivity index (χ1n) is 7.48. The number of fused-ring (bicyclic) bond motifs is 1. The van der Waals surface area contributed by atoms with Gasteiger partial charge in [-0.25, -0.2) is 0 Å². The molecule has 0 saturated carbocycles. The van der Waals surface area contributed by atoms with Crippen LogP contribution in [0.25, 0.3) is 10.9 Å². The van der Waals surface area contributed by atoms with Gasteiger partial charge < -0.3 is 4.90 Å². The molecule has 0 spiro atoms. The van der Waals surface area contributed by atoms with Crippen LogP contribution in [0.5, 0.6) is 0 Å². The number of hydrogen-bond acceptors (Lipinski definition) is 2. The number of carbonyl (C=O) groups excluding carboxylic acids is 1. The van der Waals surface area contributed by atoms with E-state index >= 15 is 0 Å². The van der Waals surface area contributed by atoms with E-state index in [0.717, 1.165) is 35.7 Å². The Morgan fingerprint density at radius 1 is 1.29 bits per heavy atom. The smallest absolute Gasteiger partial charge is 0.226 e. The highest BCUT2D eigenvalue weighted by Gasteiger charge is 2.22. The molecule has 1 aromatic carbocycles. The van der Waals surface area contributed by atoms with Gasteiger partial charge in [0.25, 0.3) is 0 Å². The summed E-state index contributed by atoms with van der Waals surface area (Å²) in [5, 5.41) is 1.13. The molecule has 1 atom stereocenters. The summed E-state index contributed by atoms with van der Waals surface area (Å²) in [6.45, 7) is 0.641. The number of benzene rings is 1. The van der Waals surface area contributed by atoms with Crippen LogP contribution in [0.4, 0.5) is 0 Å². The fourth-order valence-electron chi connectivity index (χ4n) is 2.97. The van der Waals surface area contributed by atoms with Crippen LogP contribution in [0, 0.1) is 5.92 Å². The van der Waals surface area contributed by atoms with Gasteiger partial charge in [-0.2, -0.15) is 0 Å². The highest BCUT2D eigenvalue weighted by molar-refractivity contribution is 5.83. The summed E-state index contributed by atoms with van der Waals surface area (Å²) in [5.74, 6) is 0.397. The molecule has 2 aromatic rings. The van der Waals surface area contributed by atoms with E-state index in [9.17, 15) is 4.79 Å². The first kappa shape index (κ1) is 13.8. The summed E-state index contributed by atoms with van der Waals surface area (Å²) in [5.41, 5.74) is 2.14. The highest BCUT2D eigenvalue weighted by atomic mass is 16.2. The number of hydrogen-bond donors (Lipinski definition) is 0. The minimum absolute atomic E-state index is 0.146. The molecule has 1 amide bonds. The standard InChI is InChI=1S/C18H20N2O/c1-20(18(21)14-7-3-2-4-8-14)13-15-9-5-11-17-16(15)10-6-12-19-17/h2-3,5-6,9-12,14H,4,7-8,13H2,1H3/t14-/m1/s1. The lowest BCUT2D eigenvalue weighted by Crippen LogP contribution is -2.33. The second kappa shape index (κ2) is 6.08. The van der Waals surface area contributed by atoms with Gasteiger partial charge in [-0.1, -0.05) is 30.4 Å². The SMILES string of the molecule is CN(Cc1cccc2ncccc12)C(=O)[C@@H]1CC=CCC1. The Labute approximate surface area is 125 Å². The summed E-state index contributed by atoms with van der Waals surface area (Å²) < 4.78 is 0. The molecule has 108 valence electrons. The average Bonchev–Trinajstić information content (AvgIpc) is 2.55. The van der Waals surface area contributed by atoms with Gasteiger partial charge in [0.15, 0.2) is 0 Å². The quantitative estimate of drug-likeness (QED) is 0.806. The molecule has 1 aliphatic carbocycles. The van der Waals surface area contributed by atoms with E-state index in [1.807, 2.05) is 30.1 Å². The van der Waals surface area contributed by atoms with Crippen molar-refractivity contribution in [3.8, 4) is 0 Å². The zero-order valence-corrected chi connectivity index (χ0v) is 12.3. The molecule has 3 rings (SSSR count). The number of rotatable bonds is 3. The molecule has 0 bridgehead atoms. The summed E-state index contributed by atoms with van der Waals surface area (Å²) >= 11 is 0. The zero-order valence-electron chi connectivity index (χ0n) is 12.3. The lowest BCUT2D eigenvalue weighted by molar-refractivity contribution is -0.134. The molecule has 1 heterocycles. The monoisotopic (exact) mass is 280 g/mol. The van der Waals surface area contributed by atoms with Gasteiger partial charge >= 0.3 is 0 Å². The molecule has 3 heteroatoms. The van der Waals surface area contributed by atoms with Crippen molar-refractivity contribution >= 4 is 16.8 Å². The molecule has 1 aromatic heterocycles. The fourth-order valence-corrected chi connectivity index (χ4v) is 2.97. The number of carbonyl (C=O) groups is 1. The van der Waals surface area contributed by atoms with Crippen LogP contribution in [0.1, 0.15) is 24.8 Å². The minimum Gasteiger partial charge on any atom is -0.341 e. The maximum absolute atomic E-state index is 12.5. The predicted molar refractivity (Wildman–Crippen MR) is 84.7 cm³/mol. The highest BCUT2D eigenvalue weighted by Crippen LogP contribution is 2.22. The van der Waals surface area contributed by atoms with E-state index in [2.05, 4.69) is 29.3 Å². The maximum Gasteiger partial charge on any atom is 0.226 e. The molecule has 1 aliphatic rings. The van der Waals surface area contributed by atoms with Gasteiger partial charge in [-0.15, -0.1) is 0 Å². The molecule has 0 N–H and O–H groups in total. The van der Waals surface area contributed by atoms with E-state index in [4.69, 9.17) is 0 Å². The van der Waals surface area contributed by atoms with Gasteiger partial charge in [-0.05, 0) is 37.0 Å². The Morgan fingerprint density at radius 3 is 3.00 bits per heavy atom. The lowest BCUT2D eigenvalue weighted by atomic mass is 9.93. The van der Waals surface area contributed by atoms with Crippen molar-refractivity contribution in [2.75, 3.05) is 7.05 Å². The van der Waals surface area contributed by atoms with E-state index < -0.39 is 0 Å². The molecule has 0 aliphatic heterocycles. The number of nitrogens with zero attached hydrogens (tertiary/aromatic N) is 2. The van der Waals surface area contributed by atoms with Crippen molar-refractivity contribution in [1.82, 2.24) is 9.88 Å². The van der Waals surface area contributed by atoms with Crippen molar-refractivity contribution in [2.45, 2.75) is 25.8 Å². The van der Waals surface area contributed by atoms with Crippen molar-refractivity contribution in [3.63, 3.8) is 0 Å². The van der Waals surface area contributed by atoms with Crippen molar-refractivity contribution in [2.24, 2.45) is 5.92 Å². The van der Waals surface area contributed by atoms with Crippen molar-refractivity contribution in [3.05, 3.63) is 54.2 Å². The molecular weight excluding hydrogens is 260 g/mol. The topological polar surface area (TPSA) is 33.2 Å². The third-order valence-corrected chi connectivity index (χ3v) is 4.14. The van der Waals surface area contributed by atoms with Gasteiger partial charge in [0.05, 0.1) is 5.52 Å². The van der Waals surface area contributed by atoms with E-state index in [-0.39, 0.29) is 11.8 Å². The number of pyridine rings is 1. The van der Waals surface area contributed by atoms with Crippen molar-refractivity contribution in [1.29, 1.82) is 0 Å². The first-order valence-corrected chi connectivity index (χ1v) is 7.48. The average molecular weight is 280 g/mol. The summed E-state index contributed by atoms with van der Waals surface area (Å²) in [4.78, 5) is 18.7. The van der Waals surface area contributed by atoms with Crippen LogP contribution in [0.3, 0.4) is 0 Å². The van der Waals surface area contributed by atoms with Gasteiger partial charge in [-0.3, -0.25) is 9.78 Å². The second-order valence-corrected chi connectivity index (χ2v) is 5.66. The van der Waals surface area contributed by atoms with Crippen LogP contribution >= 0.6 is 0 Å². The lowest BCUT2D eigenvalue weighted by Gasteiger charge is -2.25. The molecule has 0 fully saturated rings. The third kappa shape index (κ3) is 2.97. The molecule has 3 nitrogen and oxygen atoms in total. The molecule has 0 radical (unpaired) electrons. The number of aromatic nitrogens is 1. The predicted octanol–water partition coefficient (Wildman–Crippen LogP) is 3.55. The molecule has 0 saturated heterocycles. The Hall–Kier alpha value is -2.16. The zero-order chi connectivity index (χ0) is 14.7. The van der Waals surface area contributed by atoms with Crippen LogP contribution < -0.4 is 0 Å². The van der Waals surface area contributed by atoms with E-state index in [1.54, 1.807) is 6.20 Å². The minimum atomic E-state index is 0.146. The van der Waals surface area contributed by atoms with Gasteiger partial charge in [0.1, 0.15) is 0 Å². The van der Waals surface area contributed by atoms with E-state index in [0.29, 0.717) is 6.54 Å². The summed E-state index contributed by atoms with van der Waals surface area (Å²) in [6.07, 6.45) is 8.96. The largest absolute Gasteiger partial charge is 0.341 e. The van der Waals surface area contributed by atoms with Crippen molar-refractivity contribution < 1.29 is 4.79 Å². The van der Waals surface area contributed by atoms with Gasteiger partial charge in [0, 0.05) is 31.1 Å². The normalized spacial score (nSPS) is 17.9. The van der Waals surface area contributed by atoms with Crippen LogP contribution in [0.2, 0.25) is 0 Å². The fraction of sp³-hybridized carbons (Fsp3) is 0.333. The molecular formula is C18H20N2O. The molecule has 0 unspecified atom stereocenters. The maximum atomic E-state index is 12.5. The van der Waals surface area contributed by atoms with Crippen LogP contribution in [0.15, 0.2) is 48.7 Å². The third-order valence-electron chi connectivity index (χ3n) is 4.14. The Kier molecular flexibility index (Phi) is 4.00. The van der Waals surface area contributed by atoms with Crippen LogP contribution in [-0.4, -0.2) is 22.8 Å². The Balaban J connectivity index is 1.78. The van der Waals surface area contributed by atoms with E-state index in [1.165, 1.54) is 0 Å². The second-order valence-electron chi connectivity index (χ2n) is 5.66. The molecule has 21 heavy (non-hydrogen) atoms. The number of amides is 1. The first-order chi connectivity index (χ1) is 10.3. The summed E-state index contributed by atoms with van der Waals surface area (Å²) in [6, 6.07) is 10.1.